The molecule has 0 N–H and O–H groups in total. The number of methoxy groups -OCH3 is 1. The first-order valence-corrected chi connectivity index (χ1v) is 9.43. The van der Waals surface area contributed by atoms with E-state index in [0.29, 0.717) is 12.0 Å². The zero-order valence-corrected chi connectivity index (χ0v) is 16.8. The molecule has 3 heteroatoms. The Kier molecular flexibility index (Phi) is 5.08. The zero-order chi connectivity index (χ0) is 18.9. The van der Waals surface area contributed by atoms with Crippen molar-refractivity contribution in [1.82, 2.24) is 0 Å². The third kappa shape index (κ3) is 3.62. The molecular weight excluding hydrogens is 320 g/mol. The van der Waals surface area contributed by atoms with Gasteiger partial charge < -0.3 is 9.64 Å². The van der Waals surface area contributed by atoms with Gasteiger partial charge in [-0.05, 0) is 87.6 Å². The molecule has 0 saturated heterocycles. The van der Waals surface area contributed by atoms with Crippen molar-refractivity contribution in [2.75, 3.05) is 12.0 Å². The minimum absolute atomic E-state index is 0.180. The lowest BCUT2D eigenvalue weighted by Gasteiger charge is -2.50. The van der Waals surface area contributed by atoms with E-state index in [9.17, 15) is 0 Å². The van der Waals surface area contributed by atoms with Gasteiger partial charge in [-0.3, -0.25) is 4.99 Å². The summed E-state index contributed by atoms with van der Waals surface area (Å²) in [5.74, 6) is 1.40. The molecule has 2 aromatic rings. The predicted molar refractivity (Wildman–Crippen MR) is 111 cm³/mol. The second kappa shape index (κ2) is 7.14. The number of fused-ring (bicyclic) bond motifs is 1. The molecular formula is C23H30N2O. The van der Waals surface area contributed by atoms with Gasteiger partial charge in [-0.15, -0.1) is 0 Å². The summed E-state index contributed by atoms with van der Waals surface area (Å²) in [6.45, 7) is 11.6. The Morgan fingerprint density at radius 2 is 1.85 bits per heavy atom. The van der Waals surface area contributed by atoms with Crippen LogP contribution in [0.1, 0.15) is 58.1 Å². The summed E-state index contributed by atoms with van der Waals surface area (Å²) in [7, 11) is 1.67. The molecule has 0 amide bonds. The molecule has 1 heterocycles. The van der Waals surface area contributed by atoms with E-state index in [0.717, 1.165) is 23.4 Å². The van der Waals surface area contributed by atoms with Gasteiger partial charge in [0, 0.05) is 23.5 Å². The third-order valence-corrected chi connectivity index (χ3v) is 5.25. The van der Waals surface area contributed by atoms with Gasteiger partial charge in [-0.25, -0.2) is 0 Å². The van der Waals surface area contributed by atoms with Crippen molar-refractivity contribution < 1.29 is 4.74 Å². The number of aliphatic imine (C=N–C) groups is 1. The molecule has 3 rings (SSSR count). The fourth-order valence-corrected chi connectivity index (χ4v) is 4.35. The number of benzene rings is 2. The van der Waals surface area contributed by atoms with Crippen molar-refractivity contribution in [2.45, 2.75) is 58.5 Å². The van der Waals surface area contributed by atoms with Crippen LogP contribution in [-0.4, -0.2) is 24.9 Å². The van der Waals surface area contributed by atoms with Gasteiger partial charge in [-0.1, -0.05) is 13.0 Å². The quantitative estimate of drug-likeness (QED) is 0.637. The maximum Gasteiger partial charge on any atom is 0.119 e. The lowest BCUT2D eigenvalue weighted by molar-refractivity contribution is 0.356. The molecule has 0 aromatic heterocycles. The molecule has 138 valence electrons. The van der Waals surface area contributed by atoms with Crippen molar-refractivity contribution in [1.29, 1.82) is 0 Å². The smallest absolute Gasteiger partial charge is 0.119 e. The Morgan fingerprint density at radius 3 is 2.46 bits per heavy atom. The second-order valence-corrected chi connectivity index (χ2v) is 8.16. The van der Waals surface area contributed by atoms with Gasteiger partial charge in [0.05, 0.1) is 12.8 Å². The van der Waals surface area contributed by atoms with E-state index in [4.69, 9.17) is 4.74 Å². The average molecular weight is 351 g/mol. The van der Waals surface area contributed by atoms with Crippen LogP contribution in [0.15, 0.2) is 47.5 Å². The highest BCUT2D eigenvalue weighted by molar-refractivity contribution is 5.84. The van der Waals surface area contributed by atoms with Crippen LogP contribution in [0, 0.1) is 0 Å². The zero-order valence-electron chi connectivity index (χ0n) is 16.8. The van der Waals surface area contributed by atoms with E-state index < -0.39 is 0 Å². The third-order valence-electron chi connectivity index (χ3n) is 5.25. The molecule has 1 atom stereocenters. The van der Waals surface area contributed by atoms with Gasteiger partial charge in [0.2, 0.25) is 0 Å². The lowest BCUT2D eigenvalue weighted by Crippen LogP contribution is -2.51. The summed E-state index contributed by atoms with van der Waals surface area (Å²) < 4.78 is 5.20. The van der Waals surface area contributed by atoms with E-state index in [-0.39, 0.29) is 5.54 Å². The molecule has 1 aliphatic rings. The minimum atomic E-state index is 0.180. The van der Waals surface area contributed by atoms with Crippen LogP contribution >= 0.6 is 0 Å². The summed E-state index contributed by atoms with van der Waals surface area (Å²) in [4.78, 5) is 7.18. The molecule has 0 aliphatic carbocycles. The summed E-state index contributed by atoms with van der Waals surface area (Å²) in [6, 6.07) is 15.0. The van der Waals surface area contributed by atoms with E-state index in [1.807, 2.05) is 30.5 Å². The van der Waals surface area contributed by atoms with Gasteiger partial charge in [0.1, 0.15) is 5.75 Å². The van der Waals surface area contributed by atoms with E-state index >= 15 is 0 Å². The van der Waals surface area contributed by atoms with Crippen LogP contribution in [-0.2, 0) is 0 Å². The maximum absolute atomic E-state index is 5.20. The molecule has 0 spiro atoms. The van der Waals surface area contributed by atoms with Crippen LogP contribution in [0.25, 0.3) is 0 Å². The molecule has 3 nitrogen and oxygen atoms in total. The SMILES string of the molecule is COc1ccc(N=Cc2ccc3c(c2)[C@H](C)CC(C)(C)N3C(C)C)cc1. The Labute approximate surface area is 157 Å². The molecule has 0 radical (unpaired) electrons. The van der Waals surface area contributed by atoms with E-state index in [1.165, 1.54) is 11.3 Å². The van der Waals surface area contributed by atoms with Crippen molar-refractivity contribution in [3.63, 3.8) is 0 Å². The Hall–Kier alpha value is -2.29. The number of hydrogen-bond acceptors (Lipinski definition) is 3. The van der Waals surface area contributed by atoms with Gasteiger partial charge in [-0.2, -0.15) is 0 Å². The van der Waals surface area contributed by atoms with Crippen LogP contribution in [0.4, 0.5) is 11.4 Å². The number of ether oxygens (including phenoxy) is 1. The highest BCUT2D eigenvalue weighted by Gasteiger charge is 2.37. The Morgan fingerprint density at radius 1 is 1.15 bits per heavy atom. The highest BCUT2D eigenvalue weighted by Crippen LogP contribution is 2.44. The summed E-state index contributed by atoms with van der Waals surface area (Å²) in [5, 5.41) is 0. The van der Waals surface area contributed by atoms with Crippen molar-refractivity contribution in [2.24, 2.45) is 4.99 Å². The predicted octanol–water partition coefficient (Wildman–Crippen LogP) is 5.95. The molecule has 1 aliphatic heterocycles. The van der Waals surface area contributed by atoms with Crippen LogP contribution < -0.4 is 9.64 Å². The van der Waals surface area contributed by atoms with Gasteiger partial charge >= 0.3 is 0 Å². The number of nitrogens with zero attached hydrogens (tertiary/aromatic N) is 2. The maximum atomic E-state index is 5.20. The first kappa shape index (κ1) is 18.5. The van der Waals surface area contributed by atoms with Crippen LogP contribution in [0.5, 0.6) is 5.75 Å². The molecule has 26 heavy (non-hydrogen) atoms. The van der Waals surface area contributed by atoms with Crippen molar-refractivity contribution in [3.8, 4) is 5.75 Å². The van der Waals surface area contributed by atoms with E-state index in [1.54, 1.807) is 7.11 Å². The summed E-state index contributed by atoms with van der Waals surface area (Å²) in [6.07, 6.45) is 3.12. The molecule has 0 fully saturated rings. The monoisotopic (exact) mass is 350 g/mol. The molecule has 0 unspecified atom stereocenters. The lowest BCUT2D eigenvalue weighted by atomic mass is 9.79. The second-order valence-electron chi connectivity index (χ2n) is 8.16. The number of hydrogen-bond donors (Lipinski definition) is 0. The Bertz CT molecular complexity index is 790. The first-order chi connectivity index (χ1) is 12.3. The molecule has 0 bridgehead atoms. The first-order valence-electron chi connectivity index (χ1n) is 9.43. The van der Waals surface area contributed by atoms with Crippen molar-refractivity contribution >= 4 is 17.6 Å². The van der Waals surface area contributed by atoms with Gasteiger partial charge in [0.15, 0.2) is 0 Å². The topological polar surface area (TPSA) is 24.8 Å². The van der Waals surface area contributed by atoms with Crippen LogP contribution in [0.3, 0.4) is 0 Å². The summed E-state index contributed by atoms with van der Waals surface area (Å²) in [5.41, 5.74) is 5.05. The fraction of sp³-hybridized carbons (Fsp3) is 0.435. The summed E-state index contributed by atoms with van der Waals surface area (Å²) >= 11 is 0. The van der Waals surface area contributed by atoms with Crippen molar-refractivity contribution in [3.05, 3.63) is 53.6 Å². The van der Waals surface area contributed by atoms with Gasteiger partial charge in [0.25, 0.3) is 0 Å². The molecule has 2 aromatic carbocycles. The molecule has 0 saturated carbocycles. The highest BCUT2D eigenvalue weighted by atomic mass is 16.5. The standard InChI is InChI=1S/C23H30N2O/c1-16(2)25-22-12-7-18(13-21(22)17(3)14-23(25,4)5)15-24-19-8-10-20(26-6)11-9-19/h7-13,15-17H,14H2,1-6H3/t17-/m1/s1. The largest absolute Gasteiger partial charge is 0.497 e. The average Bonchev–Trinajstić information content (AvgIpc) is 2.59. The van der Waals surface area contributed by atoms with Crippen LogP contribution in [0.2, 0.25) is 0 Å². The van der Waals surface area contributed by atoms with E-state index in [2.05, 4.69) is 62.7 Å². The Balaban J connectivity index is 1.90. The fourth-order valence-electron chi connectivity index (χ4n) is 4.35. The minimum Gasteiger partial charge on any atom is -0.497 e. The number of anilines is 1. The number of rotatable bonds is 4. The normalized spacial score (nSPS) is 19.0.